The van der Waals surface area contributed by atoms with Gasteiger partial charge in [0.25, 0.3) is 6.43 Å². The number of para-hydroxylation sites is 1. The maximum absolute atomic E-state index is 13.8. The number of rotatable bonds is 6. The maximum atomic E-state index is 13.8. The zero-order chi connectivity index (χ0) is 20.2. The fourth-order valence-corrected chi connectivity index (χ4v) is 3.58. The predicted octanol–water partition coefficient (Wildman–Crippen LogP) is 4.19. The van der Waals surface area contributed by atoms with Gasteiger partial charge in [0.2, 0.25) is 0 Å². The molecule has 1 fully saturated rings. The molecule has 0 saturated carbocycles. The molecule has 0 bridgehead atoms. The molecular formula is C21H21F3N4O. The Morgan fingerprint density at radius 3 is 2.59 bits per heavy atom. The van der Waals surface area contributed by atoms with Crippen molar-refractivity contribution in [3.05, 3.63) is 65.7 Å². The van der Waals surface area contributed by atoms with E-state index in [1.807, 2.05) is 12.1 Å². The van der Waals surface area contributed by atoms with Crippen molar-refractivity contribution in [1.82, 2.24) is 14.9 Å². The number of aromatic nitrogens is 2. The van der Waals surface area contributed by atoms with Crippen molar-refractivity contribution < 1.29 is 17.9 Å². The van der Waals surface area contributed by atoms with Crippen molar-refractivity contribution in [2.45, 2.75) is 12.5 Å². The first-order valence-electron chi connectivity index (χ1n) is 9.48. The lowest BCUT2D eigenvalue weighted by atomic mass is 10.0. The summed E-state index contributed by atoms with van der Waals surface area (Å²) in [5, 5.41) is 3.87. The van der Waals surface area contributed by atoms with E-state index in [0.717, 1.165) is 5.56 Å². The fraction of sp³-hybridized carbons (Fsp3) is 0.333. The summed E-state index contributed by atoms with van der Waals surface area (Å²) in [4.78, 5) is 10.2. The number of fused-ring (bicyclic) bond motifs is 1. The molecular weight excluding hydrogens is 381 g/mol. The molecule has 1 aliphatic heterocycles. The Morgan fingerprint density at radius 1 is 1.03 bits per heavy atom. The molecule has 8 heteroatoms. The lowest BCUT2D eigenvalue weighted by Crippen LogP contribution is -2.41. The Hall–Kier alpha value is -2.71. The molecule has 4 rings (SSSR count). The van der Waals surface area contributed by atoms with Gasteiger partial charge in [0.05, 0.1) is 24.8 Å². The summed E-state index contributed by atoms with van der Waals surface area (Å²) in [7, 11) is 0. The summed E-state index contributed by atoms with van der Waals surface area (Å²) in [5.74, 6) is -0.478. The van der Waals surface area contributed by atoms with Gasteiger partial charge in [0, 0.05) is 25.0 Å². The third kappa shape index (κ3) is 4.49. The van der Waals surface area contributed by atoms with Gasteiger partial charge in [0.15, 0.2) is 5.82 Å². The predicted molar refractivity (Wildman–Crippen MR) is 105 cm³/mol. The summed E-state index contributed by atoms with van der Waals surface area (Å²) < 4.78 is 45.8. The van der Waals surface area contributed by atoms with Gasteiger partial charge in [-0.15, -0.1) is 0 Å². The summed E-state index contributed by atoms with van der Waals surface area (Å²) in [6, 6.07) is 13.3. The first kappa shape index (κ1) is 19.6. The highest BCUT2D eigenvalue weighted by Gasteiger charge is 2.24. The molecule has 1 aliphatic rings. The summed E-state index contributed by atoms with van der Waals surface area (Å²) in [5.41, 5.74) is 1.26. The Kier molecular flexibility index (Phi) is 5.92. The SMILES string of the molecule is Fc1cccc(C(CNc2nc(C(F)F)nc3ccccc23)N2CCOCC2)c1. The van der Waals surface area contributed by atoms with Gasteiger partial charge in [-0.25, -0.2) is 23.1 Å². The molecule has 2 aromatic carbocycles. The number of ether oxygens (including phenoxy) is 1. The minimum atomic E-state index is -2.77. The number of halogens is 3. The molecule has 0 aliphatic carbocycles. The normalized spacial score (nSPS) is 16.3. The first-order chi connectivity index (χ1) is 14.1. The number of alkyl halides is 2. The molecule has 0 amide bonds. The van der Waals surface area contributed by atoms with E-state index in [0.29, 0.717) is 49.6 Å². The van der Waals surface area contributed by atoms with Crippen LogP contribution in [0.25, 0.3) is 10.9 Å². The van der Waals surface area contributed by atoms with Crippen molar-refractivity contribution in [1.29, 1.82) is 0 Å². The number of hydrogen-bond donors (Lipinski definition) is 1. The standard InChI is InChI=1S/C21H21F3N4O/c22-15-5-3-4-14(12-15)18(28-8-10-29-11-9-28)13-25-20-16-6-1-2-7-17(16)26-21(27-20)19(23)24/h1-7,12,18-19H,8-11,13H2,(H,25,26,27). The Bertz CT molecular complexity index is 979. The van der Waals surface area contributed by atoms with Crippen molar-refractivity contribution in [3.63, 3.8) is 0 Å². The summed E-state index contributed by atoms with van der Waals surface area (Å²) in [6.07, 6.45) is -2.77. The zero-order valence-corrected chi connectivity index (χ0v) is 15.7. The van der Waals surface area contributed by atoms with Gasteiger partial charge in [-0.3, -0.25) is 4.90 Å². The molecule has 1 aromatic heterocycles. The highest BCUT2D eigenvalue weighted by atomic mass is 19.3. The van der Waals surface area contributed by atoms with E-state index in [9.17, 15) is 13.2 Å². The van der Waals surface area contributed by atoms with Crippen LogP contribution in [0.15, 0.2) is 48.5 Å². The van der Waals surface area contributed by atoms with Gasteiger partial charge in [-0.2, -0.15) is 0 Å². The number of morpholine rings is 1. The summed E-state index contributed by atoms with van der Waals surface area (Å²) >= 11 is 0. The Morgan fingerprint density at radius 2 is 1.83 bits per heavy atom. The largest absolute Gasteiger partial charge is 0.379 e. The fourth-order valence-electron chi connectivity index (χ4n) is 3.58. The second kappa shape index (κ2) is 8.75. The molecule has 5 nitrogen and oxygen atoms in total. The van der Waals surface area contributed by atoms with Crippen LogP contribution in [0.1, 0.15) is 23.9 Å². The van der Waals surface area contributed by atoms with Gasteiger partial charge in [-0.1, -0.05) is 24.3 Å². The van der Waals surface area contributed by atoms with Gasteiger partial charge in [0.1, 0.15) is 11.6 Å². The third-order valence-corrected chi connectivity index (χ3v) is 5.00. The van der Waals surface area contributed by atoms with E-state index >= 15 is 0 Å². The second-order valence-electron chi connectivity index (χ2n) is 6.85. The Balaban J connectivity index is 1.65. The van der Waals surface area contributed by atoms with Gasteiger partial charge in [-0.05, 0) is 29.8 Å². The van der Waals surface area contributed by atoms with Crippen molar-refractivity contribution in [2.24, 2.45) is 0 Å². The zero-order valence-electron chi connectivity index (χ0n) is 15.7. The molecule has 1 unspecified atom stereocenters. The van der Waals surface area contributed by atoms with Crippen LogP contribution in [-0.4, -0.2) is 47.7 Å². The van der Waals surface area contributed by atoms with Crippen LogP contribution in [0.3, 0.4) is 0 Å². The van der Waals surface area contributed by atoms with Crippen LogP contribution in [0, 0.1) is 5.82 Å². The first-order valence-corrected chi connectivity index (χ1v) is 9.48. The quantitative estimate of drug-likeness (QED) is 0.670. The lowest BCUT2D eigenvalue weighted by Gasteiger charge is -2.35. The van der Waals surface area contributed by atoms with E-state index in [1.54, 1.807) is 24.3 Å². The van der Waals surface area contributed by atoms with Gasteiger partial charge < -0.3 is 10.1 Å². The van der Waals surface area contributed by atoms with Crippen LogP contribution < -0.4 is 5.32 Å². The molecule has 0 radical (unpaired) electrons. The number of anilines is 1. The van der Waals surface area contributed by atoms with Crippen molar-refractivity contribution in [3.8, 4) is 0 Å². The molecule has 2 heterocycles. The number of benzene rings is 2. The van der Waals surface area contributed by atoms with E-state index in [1.165, 1.54) is 12.1 Å². The van der Waals surface area contributed by atoms with Crippen LogP contribution in [-0.2, 0) is 4.74 Å². The van der Waals surface area contributed by atoms with E-state index in [2.05, 4.69) is 20.2 Å². The van der Waals surface area contributed by atoms with Crippen LogP contribution in [0.2, 0.25) is 0 Å². The molecule has 0 spiro atoms. The smallest absolute Gasteiger partial charge is 0.297 e. The maximum Gasteiger partial charge on any atom is 0.297 e. The second-order valence-corrected chi connectivity index (χ2v) is 6.85. The number of nitrogens with zero attached hydrogens (tertiary/aromatic N) is 3. The topological polar surface area (TPSA) is 50.3 Å². The molecule has 1 atom stereocenters. The highest BCUT2D eigenvalue weighted by Crippen LogP contribution is 2.27. The molecule has 1 N–H and O–H groups in total. The van der Waals surface area contributed by atoms with E-state index < -0.39 is 12.2 Å². The van der Waals surface area contributed by atoms with E-state index in [-0.39, 0.29) is 11.9 Å². The van der Waals surface area contributed by atoms with Crippen LogP contribution in [0.5, 0.6) is 0 Å². The third-order valence-electron chi connectivity index (χ3n) is 5.00. The molecule has 152 valence electrons. The minimum absolute atomic E-state index is 0.154. The monoisotopic (exact) mass is 402 g/mol. The number of hydrogen-bond acceptors (Lipinski definition) is 5. The molecule has 29 heavy (non-hydrogen) atoms. The minimum Gasteiger partial charge on any atom is -0.379 e. The summed E-state index contributed by atoms with van der Waals surface area (Å²) in [6.45, 7) is 2.98. The highest BCUT2D eigenvalue weighted by molar-refractivity contribution is 5.89. The average molecular weight is 402 g/mol. The van der Waals surface area contributed by atoms with Crippen molar-refractivity contribution >= 4 is 16.7 Å². The van der Waals surface area contributed by atoms with Gasteiger partial charge >= 0.3 is 0 Å². The molecule has 3 aromatic rings. The average Bonchev–Trinajstić information content (AvgIpc) is 2.74. The Labute approximate surface area is 166 Å². The number of nitrogens with one attached hydrogen (secondary N) is 1. The van der Waals surface area contributed by atoms with Crippen LogP contribution in [0.4, 0.5) is 19.0 Å². The van der Waals surface area contributed by atoms with Crippen LogP contribution >= 0.6 is 0 Å². The van der Waals surface area contributed by atoms with Crippen molar-refractivity contribution in [2.75, 3.05) is 38.2 Å². The molecule has 1 saturated heterocycles. The van der Waals surface area contributed by atoms with E-state index in [4.69, 9.17) is 4.74 Å². The lowest BCUT2D eigenvalue weighted by molar-refractivity contribution is 0.0186.